The van der Waals surface area contributed by atoms with E-state index < -0.39 is 35.5 Å². The summed E-state index contributed by atoms with van der Waals surface area (Å²) in [5, 5.41) is 16.1. The van der Waals surface area contributed by atoms with Crippen LogP contribution in [0.1, 0.15) is 51.2 Å². The molecule has 5 aliphatic rings. The van der Waals surface area contributed by atoms with Crippen LogP contribution in [0.5, 0.6) is 0 Å². The van der Waals surface area contributed by atoms with E-state index in [1.807, 2.05) is 33.0 Å². The Morgan fingerprint density at radius 2 is 2.10 bits per heavy atom. The van der Waals surface area contributed by atoms with E-state index in [0.29, 0.717) is 19.5 Å². The molecule has 6 unspecified atom stereocenters. The van der Waals surface area contributed by atoms with Gasteiger partial charge in [0.05, 0.1) is 5.92 Å². The van der Waals surface area contributed by atoms with Gasteiger partial charge in [-0.05, 0) is 55.0 Å². The van der Waals surface area contributed by atoms with Crippen molar-refractivity contribution in [2.45, 2.75) is 76.2 Å². The standard InChI is InChI=1S/C30H37N5O5/c1-5-29(28(38)35-25(16(2)3)27(37)34-11-7-10-23(34)30(35,39)40-29)32-26(36)18-12-20-19-8-6-9-21-24(19)17(14-31-21)13-22(20)33(4)15-18/h6,8-9,12,14,16,18,22-23,25,31,39H,5,7,10-11,13,15H2,1-4H3,(H,32,36). The number of fused-ring (bicyclic) bond motifs is 5. The molecule has 0 bridgehead atoms. The SMILES string of the molecule is CCC1(NC(=O)C2C=C3c4cccc5[nH]cc(c45)CC3N(C)C2)OC2(O)C3CCCN3C(=O)C(C(C)C)N2C1=O. The van der Waals surface area contributed by atoms with Crippen molar-refractivity contribution in [2.24, 2.45) is 11.8 Å². The van der Waals surface area contributed by atoms with Gasteiger partial charge in [-0.2, -0.15) is 0 Å². The third-order valence-corrected chi connectivity index (χ3v) is 9.79. The molecule has 3 fully saturated rings. The van der Waals surface area contributed by atoms with Crippen molar-refractivity contribution in [1.29, 1.82) is 0 Å². The Bertz CT molecular complexity index is 1470. The Morgan fingerprint density at radius 3 is 2.85 bits per heavy atom. The van der Waals surface area contributed by atoms with Crippen molar-refractivity contribution >= 4 is 34.2 Å². The zero-order valence-corrected chi connectivity index (χ0v) is 23.4. The molecule has 40 heavy (non-hydrogen) atoms. The number of aromatic amines is 1. The molecule has 2 aromatic rings. The number of piperazine rings is 1. The zero-order valence-electron chi connectivity index (χ0n) is 23.4. The van der Waals surface area contributed by atoms with E-state index in [1.54, 1.807) is 11.8 Å². The van der Waals surface area contributed by atoms with Crippen LogP contribution in [0.2, 0.25) is 0 Å². The molecule has 5 heterocycles. The lowest BCUT2D eigenvalue weighted by Crippen LogP contribution is -2.72. The van der Waals surface area contributed by atoms with Crippen LogP contribution < -0.4 is 5.32 Å². The van der Waals surface area contributed by atoms with Gasteiger partial charge in [0, 0.05) is 42.7 Å². The molecule has 1 aromatic carbocycles. The van der Waals surface area contributed by atoms with Gasteiger partial charge in [-0.3, -0.25) is 28.9 Å². The van der Waals surface area contributed by atoms with E-state index in [1.165, 1.54) is 15.8 Å². The van der Waals surface area contributed by atoms with Gasteiger partial charge in [0.15, 0.2) is 0 Å². The number of H-pyrrole nitrogens is 1. The third-order valence-electron chi connectivity index (χ3n) is 9.79. The molecule has 6 atom stereocenters. The predicted octanol–water partition coefficient (Wildman–Crippen LogP) is 1.79. The molecule has 10 nitrogen and oxygen atoms in total. The number of rotatable bonds is 4. The topological polar surface area (TPSA) is 118 Å². The Hall–Kier alpha value is -3.21. The summed E-state index contributed by atoms with van der Waals surface area (Å²) in [5.74, 6) is -3.81. The van der Waals surface area contributed by atoms with Crippen LogP contribution in [0.4, 0.5) is 0 Å². The fraction of sp³-hybridized carbons (Fsp3) is 0.567. The molecule has 212 valence electrons. The maximum absolute atomic E-state index is 14.1. The Labute approximate surface area is 233 Å². The van der Waals surface area contributed by atoms with Gasteiger partial charge in [0.1, 0.15) is 12.1 Å². The van der Waals surface area contributed by atoms with Gasteiger partial charge in [-0.15, -0.1) is 0 Å². The second-order valence-electron chi connectivity index (χ2n) is 12.4. The van der Waals surface area contributed by atoms with Crippen LogP contribution >= 0.6 is 0 Å². The van der Waals surface area contributed by atoms with E-state index >= 15 is 0 Å². The fourth-order valence-electron chi connectivity index (χ4n) is 7.83. The van der Waals surface area contributed by atoms with Crippen molar-refractivity contribution in [3.05, 3.63) is 41.6 Å². The largest absolute Gasteiger partial charge is 0.361 e. The summed E-state index contributed by atoms with van der Waals surface area (Å²) < 4.78 is 6.29. The number of nitrogens with one attached hydrogen (secondary N) is 2. The molecule has 0 spiro atoms. The summed E-state index contributed by atoms with van der Waals surface area (Å²) >= 11 is 0. The van der Waals surface area contributed by atoms with E-state index in [4.69, 9.17) is 4.74 Å². The number of aromatic nitrogens is 1. The van der Waals surface area contributed by atoms with E-state index in [2.05, 4.69) is 33.5 Å². The molecule has 7 rings (SSSR count). The summed E-state index contributed by atoms with van der Waals surface area (Å²) in [7, 11) is 2.03. The highest BCUT2D eigenvalue weighted by molar-refractivity contribution is 6.01. The minimum absolute atomic E-state index is 0.121. The van der Waals surface area contributed by atoms with Crippen molar-refractivity contribution in [3.8, 4) is 0 Å². The van der Waals surface area contributed by atoms with Crippen LogP contribution in [0, 0.1) is 11.8 Å². The molecule has 4 aliphatic heterocycles. The third kappa shape index (κ3) is 3.30. The number of hydrogen-bond donors (Lipinski definition) is 3. The fourth-order valence-corrected chi connectivity index (χ4v) is 7.83. The van der Waals surface area contributed by atoms with Crippen molar-refractivity contribution in [3.63, 3.8) is 0 Å². The van der Waals surface area contributed by atoms with E-state index in [9.17, 15) is 19.5 Å². The normalized spacial score (nSPS) is 35.2. The van der Waals surface area contributed by atoms with Crippen LogP contribution in [0.25, 0.3) is 16.5 Å². The number of carbonyl (C=O) groups excluding carboxylic acids is 3. The molecule has 3 amide bonds. The first kappa shape index (κ1) is 25.7. The van der Waals surface area contributed by atoms with Crippen molar-refractivity contribution in [1.82, 2.24) is 25.0 Å². The average molecular weight is 548 g/mol. The number of nitrogens with zero attached hydrogens (tertiary/aromatic N) is 3. The summed E-state index contributed by atoms with van der Waals surface area (Å²) in [6.45, 7) is 6.48. The molecule has 1 aliphatic carbocycles. The molecular formula is C30H37N5O5. The van der Waals surface area contributed by atoms with Gasteiger partial charge in [-0.1, -0.05) is 39.0 Å². The lowest BCUT2D eigenvalue weighted by atomic mass is 9.79. The number of carbonyl (C=O) groups is 3. The van der Waals surface area contributed by atoms with Crippen molar-refractivity contribution < 1.29 is 24.2 Å². The average Bonchev–Trinajstić information content (AvgIpc) is 3.64. The van der Waals surface area contributed by atoms with E-state index in [-0.39, 0.29) is 30.2 Å². The van der Waals surface area contributed by atoms with Crippen LogP contribution in [-0.4, -0.2) is 92.4 Å². The van der Waals surface area contributed by atoms with Gasteiger partial charge in [0.2, 0.25) is 17.5 Å². The highest BCUT2D eigenvalue weighted by atomic mass is 16.7. The van der Waals surface area contributed by atoms with E-state index in [0.717, 1.165) is 29.5 Å². The summed E-state index contributed by atoms with van der Waals surface area (Å²) in [6, 6.07) is 4.83. The Morgan fingerprint density at radius 1 is 1.30 bits per heavy atom. The number of benzene rings is 1. The predicted molar refractivity (Wildman–Crippen MR) is 147 cm³/mol. The zero-order chi connectivity index (χ0) is 28.1. The summed E-state index contributed by atoms with van der Waals surface area (Å²) in [5.41, 5.74) is 2.83. The molecule has 3 saturated heterocycles. The number of amides is 3. The number of likely N-dealkylation sites (N-methyl/N-ethyl adjacent to an activating group) is 1. The first-order chi connectivity index (χ1) is 19.1. The monoisotopic (exact) mass is 547 g/mol. The smallest absolute Gasteiger partial charge is 0.281 e. The lowest BCUT2D eigenvalue weighted by molar-refractivity contribution is -0.319. The Kier molecular flexibility index (Phi) is 5.56. The molecule has 0 saturated carbocycles. The van der Waals surface area contributed by atoms with Crippen LogP contribution in [0.15, 0.2) is 30.5 Å². The van der Waals surface area contributed by atoms with Gasteiger partial charge in [0.25, 0.3) is 11.8 Å². The highest BCUT2D eigenvalue weighted by Crippen LogP contribution is 2.48. The van der Waals surface area contributed by atoms with Crippen molar-refractivity contribution in [2.75, 3.05) is 20.1 Å². The number of ether oxygens (including phenoxy) is 1. The summed E-state index contributed by atoms with van der Waals surface area (Å²) in [6.07, 6.45) is 6.34. The molecule has 0 radical (unpaired) electrons. The van der Waals surface area contributed by atoms with Crippen LogP contribution in [0.3, 0.4) is 0 Å². The first-order valence-electron chi connectivity index (χ1n) is 14.5. The molecule has 1 aromatic heterocycles. The maximum atomic E-state index is 14.1. The lowest BCUT2D eigenvalue weighted by Gasteiger charge is -2.49. The first-order valence-corrected chi connectivity index (χ1v) is 14.5. The quantitative estimate of drug-likeness (QED) is 0.537. The number of aliphatic hydroxyl groups is 1. The van der Waals surface area contributed by atoms with Gasteiger partial charge >= 0.3 is 0 Å². The van der Waals surface area contributed by atoms with Gasteiger partial charge in [-0.25, -0.2) is 0 Å². The summed E-state index contributed by atoms with van der Waals surface area (Å²) in [4.78, 5) is 49.9. The Balaban J connectivity index is 1.23. The van der Waals surface area contributed by atoms with Crippen LogP contribution in [-0.2, 0) is 25.5 Å². The van der Waals surface area contributed by atoms with Gasteiger partial charge < -0.3 is 20.3 Å². The highest BCUT2D eigenvalue weighted by Gasteiger charge is 2.71. The maximum Gasteiger partial charge on any atom is 0.281 e. The minimum atomic E-state index is -1.99. The second kappa shape index (κ2) is 8.64. The number of hydrogen-bond acceptors (Lipinski definition) is 6. The second-order valence-corrected chi connectivity index (χ2v) is 12.4. The molecule has 10 heteroatoms. The molecule has 3 N–H and O–H groups in total. The molecular weight excluding hydrogens is 510 g/mol. The minimum Gasteiger partial charge on any atom is -0.361 e.